The summed E-state index contributed by atoms with van der Waals surface area (Å²) in [5.41, 5.74) is 1.74. The molecule has 2 heterocycles. The van der Waals surface area contributed by atoms with Crippen LogP contribution in [0.1, 0.15) is 21.7 Å². The zero-order chi connectivity index (χ0) is 13.1. The van der Waals surface area contributed by atoms with E-state index >= 15 is 0 Å². The average molecular weight is 308 g/mol. The van der Waals surface area contributed by atoms with Gasteiger partial charge < -0.3 is 5.32 Å². The van der Waals surface area contributed by atoms with Gasteiger partial charge in [0, 0.05) is 0 Å². The van der Waals surface area contributed by atoms with E-state index in [0.29, 0.717) is 27.4 Å². The third-order valence-corrected chi connectivity index (χ3v) is 2.62. The fraction of sp³-hybridized carbons (Fsp3) is 0.182. The molecule has 0 radical (unpaired) electrons. The van der Waals surface area contributed by atoms with Gasteiger partial charge >= 0.3 is 0 Å². The Hall–Kier alpha value is -1.89. The summed E-state index contributed by atoms with van der Waals surface area (Å²) >= 11 is 3.17. The molecule has 0 bridgehead atoms. The molecular weight excluding hydrogens is 298 g/mol. The second kappa shape index (κ2) is 5.18. The summed E-state index contributed by atoms with van der Waals surface area (Å²) in [6.45, 7) is 3.51. The van der Waals surface area contributed by atoms with Gasteiger partial charge in [0.1, 0.15) is 4.60 Å². The second-order valence-corrected chi connectivity index (χ2v) is 4.48. The standard InChI is InChI=1S/C11H10BrN5O/c1-6-3-8(7(2)17-16-6)11(18)15-10-5-13-9(12)4-14-10/h3-5H,1-2H3,(H,14,15,18). The number of nitrogens with zero attached hydrogens (tertiary/aromatic N) is 4. The Bertz CT molecular complexity index is 584. The first-order chi connectivity index (χ1) is 8.56. The van der Waals surface area contributed by atoms with Crippen LogP contribution in [0.15, 0.2) is 23.1 Å². The highest BCUT2D eigenvalue weighted by Gasteiger charge is 2.11. The molecule has 0 fully saturated rings. The van der Waals surface area contributed by atoms with Crippen molar-refractivity contribution in [2.24, 2.45) is 0 Å². The second-order valence-electron chi connectivity index (χ2n) is 3.66. The summed E-state index contributed by atoms with van der Waals surface area (Å²) in [6.07, 6.45) is 2.98. The lowest BCUT2D eigenvalue weighted by atomic mass is 10.2. The smallest absolute Gasteiger partial charge is 0.258 e. The number of amides is 1. The van der Waals surface area contributed by atoms with Gasteiger partial charge in [0.15, 0.2) is 5.82 Å². The minimum absolute atomic E-state index is 0.276. The van der Waals surface area contributed by atoms with E-state index in [0.717, 1.165) is 0 Å². The van der Waals surface area contributed by atoms with Crippen LogP contribution >= 0.6 is 15.9 Å². The first-order valence-electron chi connectivity index (χ1n) is 5.16. The minimum atomic E-state index is -0.276. The van der Waals surface area contributed by atoms with Crippen LogP contribution in [0.2, 0.25) is 0 Å². The maximum absolute atomic E-state index is 12.0. The lowest BCUT2D eigenvalue weighted by Gasteiger charge is -2.06. The molecule has 0 aliphatic heterocycles. The van der Waals surface area contributed by atoms with Crippen LogP contribution in [-0.2, 0) is 0 Å². The van der Waals surface area contributed by atoms with Crippen LogP contribution in [0.3, 0.4) is 0 Å². The van der Waals surface area contributed by atoms with Crippen molar-refractivity contribution in [2.75, 3.05) is 5.32 Å². The Morgan fingerprint density at radius 1 is 1.22 bits per heavy atom. The van der Waals surface area contributed by atoms with E-state index in [4.69, 9.17) is 0 Å². The fourth-order valence-corrected chi connectivity index (χ4v) is 1.55. The monoisotopic (exact) mass is 307 g/mol. The number of carbonyl (C=O) groups is 1. The molecule has 1 amide bonds. The predicted molar refractivity (Wildman–Crippen MR) is 69.2 cm³/mol. The molecule has 0 aliphatic carbocycles. The summed E-state index contributed by atoms with van der Waals surface area (Å²) in [5, 5.41) is 10.4. The molecule has 0 aliphatic rings. The highest BCUT2D eigenvalue weighted by molar-refractivity contribution is 9.10. The van der Waals surface area contributed by atoms with Crippen molar-refractivity contribution in [1.82, 2.24) is 20.2 Å². The van der Waals surface area contributed by atoms with Crippen LogP contribution < -0.4 is 5.32 Å². The van der Waals surface area contributed by atoms with Gasteiger partial charge in [0.2, 0.25) is 0 Å². The van der Waals surface area contributed by atoms with Gasteiger partial charge in [-0.25, -0.2) is 9.97 Å². The van der Waals surface area contributed by atoms with Gasteiger partial charge in [-0.2, -0.15) is 10.2 Å². The van der Waals surface area contributed by atoms with Crippen molar-refractivity contribution < 1.29 is 4.79 Å². The van der Waals surface area contributed by atoms with Crippen LogP contribution in [0.25, 0.3) is 0 Å². The summed E-state index contributed by atoms with van der Waals surface area (Å²) < 4.78 is 0.609. The van der Waals surface area contributed by atoms with Gasteiger partial charge in [-0.15, -0.1) is 0 Å². The number of anilines is 1. The van der Waals surface area contributed by atoms with Gasteiger partial charge in [-0.3, -0.25) is 4.79 Å². The Morgan fingerprint density at radius 2 is 2.00 bits per heavy atom. The number of aryl methyl sites for hydroxylation is 2. The topological polar surface area (TPSA) is 80.7 Å². The van der Waals surface area contributed by atoms with Crippen molar-refractivity contribution in [2.45, 2.75) is 13.8 Å². The van der Waals surface area contributed by atoms with Gasteiger partial charge in [0.25, 0.3) is 5.91 Å². The van der Waals surface area contributed by atoms with Crippen molar-refractivity contribution >= 4 is 27.7 Å². The lowest BCUT2D eigenvalue weighted by Crippen LogP contribution is -2.16. The fourth-order valence-electron chi connectivity index (χ4n) is 1.34. The molecule has 6 nitrogen and oxygen atoms in total. The summed E-state index contributed by atoms with van der Waals surface area (Å²) in [4.78, 5) is 20.0. The number of carbonyl (C=O) groups excluding carboxylic acids is 1. The highest BCUT2D eigenvalue weighted by Crippen LogP contribution is 2.10. The number of nitrogens with one attached hydrogen (secondary N) is 1. The van der Waals surface area contributed by atoms with E-state index in [9.17, 15) is 4.79 Å². The Balaban J connectivity index is 2.21. The van der Waals surface area contributed by atoms with Gasteiger partial charge in [-0.1, -0.05) is 0 Å². The molecule has 2 aromatic heterocycles. The molecule has 0 atom stereocenters. The van der Waals surface area contributed by atoms with E-state index < -0.39 is 0 Å². The molecule has 0 saturated carbocycles. The molecule has 0 spiro atoms. The van der Waals surface area contributed by atoms with Crippen LogP contribution in [0.4, 0.5) is 5.82 Å². The quantitative estimate of drug-likeness (QED) is 0.916. The molecule has 18 heavy (non-hydrogen) atoms. The lowest BCUT2D eigenvalue weighted by molar-refractivity contribution is 0.102. The SMILES string of the molecule is Cc1cc(C(=O)Nc2cnc(Br)cn2)c(C)nn1. The zero-order valence-electron chi connectivity index (χ0n) is 9.81. The van der Waals surface area contributed by atoms with E-state index in [1.165, 1.54) is 12.4 Å². The molecule has 92 valence electrons. The molecule has 0 aromatic carbocycles. The third kappa shape index (κ3) is 2.86. The van der Waals surface area contributed by atoms with Crippen LogP contribution in [0, 0.1) is 13.8 Å². The minimum Gasteiger partial charge on any atom is -0.305 e. The molecule has 0 saturated heterocycles. The van der Waals surface area contributed by atoms with E-state index in [1.54, 1.807) is 19.9 Å². The number of hydrogen-bond donors (Lipinski definition) is 1. The molecular formula is C11H10BrN5O. The molecule has 0 unspecified atom stereocenters. The van der Waals surface area contributed by atoms with Crippen LogP contribution in [0.5, 0.6) is 0 Å². The third-order valence-electron chi connectivity index (χ3n) is 2.21. The molecule has 2 rings (SSSR count). The summed E-state index contributed by atoms with van der Waals surface area (Å²) in [5.74, 6) is 0.110. The van der Waals surface area contributed by atoms with Crippen LogP contribution in [-0.4, -0.2) is 26.1 Å². The van der Waals surface area contributed by atoms with E-state index in [-0.39, 0.29) is 5.91 Å². The Labute approximate surface area is 112 Å². The summed E-state index contributed by atoms with van der Waals surface area (Å²) in [7, 11) is 0. The van der Waals surface area contributed by atoms with E-state index in [2.05, 4.69) is 41.4 Å². The van der Waals surface area contributed by atoms with Crippen molar-refractivity contribution in [3.63, 3.8) is 0 Å². The average Bonchev–Trinajstić information content (AvgIpc) is 2.35. The van der Waals surface area contributed by atoms with Gasteiger partial charge in [-0.05, 0) is 35.8 Å². The molecule has 1 N–H and O–H groups in total. The largest absolute Gasteiger partial charge is 0.305 e. The molecule has 7 heteroatoms. The summed E-state index contributed by atoms with van der Waals surface area (Å²) in [6, 6.07) is 1.68. The molecule has 2 aromatic rings. The first kappa shape index (κ1) is 12.6. The number of aromatic nitrogens is 4. The van der Waals surface area contributed by atoms with Crippen molar-refractivity contribution in [3.05, 3.63) is 40.0 Å². The predicted octanol–water partition coefficient (Wildman–Crippen LogP) is 1.90. The number of hydrogen-bond acceptors (Lipinski definition) is 5. The maximum Gasteiger partial charge on any atom is 0.258 e. The van der Waals surface area contributed by atoms with Crippen molar-refractivity contribution in [3.8, 4) is 0 Å². The number of halogens is 1. The zero-order valence-corrected chi connectivity index (χ0v) is 11.4. The number of rotatable bonds is 2. The Morgan fingerprint density at radius 3 is 2.67 bits per heavy atom. The van der Waals surface area contributed by atoms with Gasteiger partial charge in [0.05, 0.1) is 29.3 Å². The van der Waals surface area contributed by atoms with Crippen molar-refractivity contribution in [1.29, 1.82) is 0 Å². The Kier molecular flexibility index (Phi) is 3.61. The normalized spacial score (nSPS) is 10.2. The maximum atomic E-state index is 12.0. The highest BCUT2D eigenvalue weighted by atomic mass is 79.9. The van der Waals surface area contributed by atoms with E-state index in [1.807, 2.05) is 0 Å². The first-order valence-corrected chi connectivity index (χ1v) is 5.95.